The molecule has 0 aliphatic heterocycles. The van der Waals surface area contributed by atoms with Gasteiger partial charge in [0, 0.05) is 22.3 Å². The van der Waals surface area contributed by atoms with Crippen molar-refractivity contribution < 1.29 is 0 Å². The second-order valence-corrected chi connectivity index (χ2v) is 6.70. The van der Waals surface area contributed by atoms with E-state index in [0.717, 1.165) is 6.54 Å². The number of rotatable bonds is 3. The van der Waals surface area contributed by atoms with E-state index in [1.54, 1.807) is 0 Å². The molecular weight excluding hydrogens is 214 g/mol. The number of thiophene rings is 1. The third kappa shape index (κ3) is 2.96. The van der Waals surface area contributed by atoms with Crippen LogP contribution >= 0.6 is 11.3 Å². The van der Waals surface area contributed by atoms with Crippen LogP contribution in [0.3, 0.4) is 0 Å². The van der Waals surface area contributed by atoms with Gasteiger partial charge in [0.1, 0.15) is 0 Å². The van der Waals surface area contributed by atoms with E-state index in [4.69, 9.17) is 0 Å². The van der Waals surface area contributed by atoms with Gasteiger partial charge in [-0.15, -0.1) is 11.3 Å². The van der Waals surface area contributed by atoms with Crippen LogP contribution in [0.1, 0.15) is 43.4 Å². The summed E-state index contributed by atoms with van der Waals surface area (Å²) < 4.78 is 0. The maximum atomic E-state index is 3.61. The van der Waals surface area contributed by atoms with Gasteiger partial charge in [0.25, 0.3) is 0 Å². The van der Waals surface area contributed by atoms with Gasteiger partial charge < -0.3 is 5.32 Å². The molecule has 1 heterocycles. The Bertz CT molecular complexity index is 362. The topological polar surface area (TPSA) is 12.0 Å². The van der Waals surface area contributed by atoms with Crippen LogP contribution in [0.5, 0.6) is 0 Å². The van der Waals surface area contributed by atoms with Crippen molar-refractivity contribution in [2.75, 3.05) is 0 Å². The summed E-state index contributed by atoms with van der Waals surface area (Å²) >= 11 is 1.94. The molecule has 2 heteroatoms. The molecule has 1 aromatic heterocycles. The minimum atomic E-state index is 0.290. The summed E-state index contributed by atoms with van der Waals surface area (Å²) in [4.78, 5) is 2.94. The van der Waals surface area contributed by atoms with Crippen molar-refractivity contribution in [1.82, 2.24) is 5.32 Å². The lowest BCUT2D eigenvalue weighted by Gasteiger charge is -2.15. The van der Waals surface area contributed by atoms with Crippen molar-refractivity contribution >= 4 is 11.3 Å². The first-order valence-electron chi connectivity index (χ1n) is 6.03. The van der Waals surface area contributed by atoms with Gasteiger partial charge in [0.15, 0.2) is 0 Å². The van der Waals surface area contributed by atoms with Gasteiger partial charge in [-0.3, -0.25) is 0 Å². The zero-order valence-corrected chi connectivity index (χ0v) is 11.2. The molecule has 1 nitrogen and oxygen atoms in total. The van der Waals surface area contributed by atoms with Crippen molar-refractivity contribution in [1.29, 1.82) is 0 Å². The monoisotopic (exact) mass is 235 g/mol. The first kappa shape index (κ1) is 11.9. The molecule has 16 heavy (non-hydrogen) atoms. The van der Waals surface area contributed by atoms with Crippen molar-refractivity contribution in [3.05, 3.63) is 34.0 Å². The fourth-order valence-electron chi connectivity index (χ4n) is 1.90. The van der Waals surface area contributed by atoms with Gasteiger partial charge >= 0.3 is 0 Å². The molecule has 0 unspecified atom stereocenters. The van der Waals surface area contributed by atoms with Crippen LogP contribution in [0.25, 0.3) is 0 Å². The maximum Gasteiger partial charge on any atom is 0.0302 e. The van der Waals surface area contributed by atoms with E-state index in [2.05, 4.69) is 50.4 Å². The molecule has 2 rings (SSSR count). The highest BCUT2D eigenvalue weighted by atomic mass is 32.1. The molecule has 0 bridgehead atoms. The Morgan fingerprint density at radius 3 is 2.50 bits per heavy atom. The smallest absolute Gasteiger partial charge is 0.0302 e. The molecule has 88 valence electrons. The van der Waals surface area contributed by atoms with Gasteiger partial charge in [0.2, 0.25) is 0 Å². The van der Waals surface area contributed by atoms with Crippen LogP contribution in [0.2, 0.25) is 0 Å². The molecule has 0 saturated heterocycles. The van der Waals surface area contributed by atoms with Crippen molar-refractivity contribution in [2.24, 2.45) is 0 Å². The Morgan fingerprint density at radius 2 is 1.94 bits per heavy atom. The van der Waals surface area contributed by atoms with E-state index in [0.29, 0.717) is 6.04 Å². The summed E-state index contributed by atoms with van der Waals surface area (Å²) in [5.41, 5.74) is 0.290. The van der Waals surface area contributed by atoms with Crippen LogP contribution in [-0.4, -0.2) is 6.04 Å². The van der Waals surface area contributed by atoms with Crippen molar-refractivity contribution in [2.45, 2.75) is 51.6 Å². The second-order valence-electron chi connectivity index (χ2n) is 5.54. The molecule has 0 spiro atoms. The predicted octanol–water partition coefficient (Wildman–Crippen LogP) is 3.85. The number of hydrogen-bond acceptors (Lipinski definition) is 2. The molecule has 0 aromatic carbocycles. The summed E-state index contributed by atoms with van der Waals surface area (Å²) in [7, 11) is 0. The summed E-state index contributed by atoms with van der Waals surface area (Å²) in [6, 6.07) is 5.20. The van der Waals surface area contributed by atoms with E-state index in [1.807, 2.05) is 11.3 Å². The standard InChI is InChI=1S/C14H21NS/c1-14(2,3)13-9-8-12(16-13)10-15-11-6-4-5-7-11/h4-5,8-9,11,15H,6-7,10H2,1-3H3. The Labute approximate surface area is 103 Å². The average Bonchev–Trinajstić information content (AvgIpc) is 2.85. The summed E-state index contributed by atoms with van der Waals surface area (Å²) in [5.74, 6) is 0. The predicted molar refractivity (Wildman–Crippen MR) is 72.0 cm³/mol. The minimum Gasteiger partial charge on any atom is -0.308 e. The lowest BCUT2D eigenvalue weighted by Crippen LogP contribution is -2.25. The summed E-state index contributed by atoms with van der Waals surface area (Å²) in [6.07, 6.45) is 6.92. The van der Waals surface area contributed by atoms with Gasteiger partial charge in [-0.1, -0.05) is 32.9 Å². The first-order chi connectivity index (χ1) is 7.55. The van der Waals surface area contributed by atoms with Crippen LogP contribution in [0.4, 0.5) is 0 Å². The third-order valence-corrected chi connectivity index (χ3v) is 4.48. The first-order valence-corrected chi connectivity index (χ1v) is 6.85. The fraction of sp³-hybridized carbons (Fsp3) is 0.571. The van der Waals surface area contributed by atoms with Gasteiger partial charge in [-0.25, -0.2) is 0 Å². The minimum absolute atomic E-state index is 0.290. The second kappa shape index (κ2) is 4.72. The largest absolute Gasteiger partial charge is 0.308 e. The van der Waals surface area contributed by atoms with E-state index in [1.165, 1.54) is 22.6 Å². The molecule has 0 fully saturated rings. The van der Waals surface area contributed by atoms with Crippen LogP contribution in [-0.2, 0) is 12.0 Å². The van der Waals surface area contributed by atoms with Crippen molar-refractivity contribution in [3.8, 4) is 0 Å². The van der Waals surface area contributed by atoms with Crippen LogP contribution in [0.15, 0.2) is 24.3 Å². The quantitative estimate of drug-likeness (QED) is 0.785. The lowest BCUT2D eigenvalue weighted by atomic mass is 9.95. The molecule has 1 aromatic rings. The van der Waals surface area contributed by atoms with Crippen LogP contribution < -0.4 is 5.32 Å². The third-order valence-electron chi connectivity index (χ3n) is 2.97. The zero-order chi connectivity index (χ0) is 11.6. The number of nitrogens with one attached hydrogen (secondary N) is 1. The molecule has 0 amide bonds. The summed E-state index contributed by atoms with van der Waals surface area (Å²) in [5, 5.41) is 3.61. The zero-order valence-electron chi connectivity index (χ0n) is 10.4. The maximum absolute atomic E-state index is 3.61. The van der Waals surface area contributed by atoms with Crippen LogP contribution in [0, 0.1) is 0 Å². The van der Waals surface area contributed by atoms with E-state index in [-0.39, 0.29) is 5.41 Å². The van der Waals surface area contributed by atoms with Gasteiger partial charge in [0.05, 0.1) is 0 Å². The molecular formula is C14H21NS. The van der Waals surface area contributed by atoms with Gasteiger partial charge in [-0.2, -0.15) is 0 Å². The Kier molecular flexibility index (Phi) is 3.50. The molecule has 0 radical (unpaired) electrons. The highest BCUT2D eigenvalue weighted by molar-refractivity contribution is 7.12. The lowest BCUT2D eigenvalue weighted by molar-refractivity contribution is 0.542. The van der Waals surface area contributed by atoms with Gasteiger partial charge in [-0.05, 0) is 30.4 Å². The Morgan fingerprint density at radius 1 is 1.25 bits per heavy atom. The number of hydrogen-bond donors (Lipinski definition) is 1. The van der Waals surface area contributed by atoms with E-state index in [9.17, 15) is 0 Å². The SMILES string of the molecule is CC(C)(C)c1ccc(CNC2CC=CC2)s1. The molecule has 0 atom stereocenters. The molecule has 1 aliphatic rings. The normalized spacial score (nSPS) is 17.2. The Hall–Kier alpha value is -0.600. The Balaban J connectivity index is 1.88. The van der Waals surface area contributed by atoms with Crippen molar-refractivity contribution in [3.63, 3.8) is 0 Å². The molecule has 0 saturated carbocycles. The molecule has 1 N–H and O–H groups in total. The highest BCUT2D eigenvalue weighted by Crippen LogP contribution is 2.29. The van der Waals surface area contributed by atoms with E-state index < -0.39 is 0 Å². The fourth-order valence-corrected chi connectivity index (χ4v) is 2.92. The average molecular weight is 235 g/mol. The van der Waals surface area contributed by atoms with E-state index >= 15 is 0 Å². The highest BCUT2D eigenvalue weighted by Gasteiger charge is 2.16. The molecule has 1 aliphatic carbocycles. The summed E-state index contributed by atoms with van der Waals surface area (Å²) in [6.45, 7) is 7.85.